The van der Waals surface area contributed by atoms with E-state index in [1.54, 1.807) is 6.07 Å². The third-order valence-corrected chi connectivity index (χ3v) is 4.22. The van der Waals surface area contributed by atoms with E-state index in [0.29, 0.717) is 19.0 Å². The van der Waals surface area contributed by atoms with Gasteiger partial charge in [-0.25, -0.2) is 4.39 Å². The largest absolute Gasteiger partial charge is 0.352 e. The topological polar surface area (TPSA) is 30.9 Å². The predicted octanol–water partition coefficient (Wildman–Crippen LogP) is 2.69. The first-order valence-corrected chi connectivity index (χ1v) is 8.37. The minimum Gasteiger partial charge on any atom is -0.352 e. The van der Waals surface area contributed by atoms with E-state index in [2.05, 4.69) is 22.1 Å². The van der Waals surface area contributed by atoms with Crippen LogP contribution in [0.25, 0.3) is 0 Å². The minimum atomic E-state index is -0.142. The SMILES string of the molecule is CN=C(NCc1ccc(F)c(CN(C)C)c1)N1CCCC(C)C1. The lowest BCUT2D eigenvalue weighted by Gasteiger charge is -2.33. The molecule has 1 aliphatic heterocycles. The van der Waals surface area contributed by atoms with Gasteiger partial charge >= 0.3 is 0 Å². The van der Waals surface area contributed by atoms with Gasteiger partial charge in [-0.15, -0.1) is 0 Å². The lowest BCUT2D eigenvalue weighted by atomic mass is 10.0. The Morgan fingerprint density at radius 2 is 2.22 bits per heavy atom. The second kappa shape index (κ2) is 8.29. The van der Waals surface area contributed by atoms with Crippen molar-refractivity contribution in [2.45, 2.75) is 32.9 Å². The molecule has 1 N–H and O–H groups in total. The summed E-state index contributed by atoms with van der Waals surface area (Å²) in [5.74, 6) is 1.51. The molecule has 0 aliphatic carbocycles. The van der Waals surface area contributed by atoms with Crippen LogP contribution < -0.4 is 5.32 Å². The molecule has 23 heavy (non-hydrogen) atoms. The second-order valence-corrected chi connectivity index (χ2v) is 6.76. The molecule has 5 heteroatoms. The monoisotopic (exact) mass is 320 g/mol. The van der Waals surface area contributed by atoms with Gasteiger partial charge in [-0.05, 0) is 50.6 Å². The van der Waals surface area contributed by atoms with Crippen LogP contribution >= 0.6 is 0 Å². The number of hydrogen-bond acceptors (Lipinski definition) is 2. The fourth-order valence-electron chi connectivity index (χ4n) is 3.10. The molecular formula is C18H29FN4. The first-order valence-electron chi connectivity index (χ1n) is 8.37. The highest BCUT2D eigenvalue weighted by Crippen LogP contribution is 2.16. The molecule has 1 aromatic rings. The molecular weight excluding hydrogens is 291 g/mol. The Labute approximate surface area is 139 Å². The molecule has 1 fully saturated rings. The van der Waals surface area contributed by atoms with Gasteiger partial charge in [-0.1, -0.05) is 13.0 Å². The smallest absolute Gasteiger partial charge is 0.193 e. The van der Waals surface area contributed by atoms with Crippen molar-refractivity contribution in [2.24, 2.45) is 10.9 Å². The first kappa shape index (κ1) is 17.7. The molecule has 1 aliphatic rings. The standard InChI is InChI=1S/C18H29FN4/c1-14-6-5-9-23(12-14)18(20-2)21-11-15-7-8-17(19)16(10-15)13-22(3)4/h7-8,10,14H,5-6,9,11-13H2,1-4H3,(H,20,21). The van der Waals surface area contributed by atoms with Crippen LogP contribution in [0.15, 0.2) is 23.2 Å². The van der Waals surface area contributed by atoms with Crippen LogP contribution in [0, 0.1) is 11.7 Å². The van der Waals surface area contributed by atoms with E-state index in [1.165, 1.54) is 12.8 Å². The maximum absolute atomic E-state index is 13.8. The van der Waals surface area contributed by atoms with Gasteiger partial charge in [0.15, 0.2) is 5.96 Å². The normalized spacial score (nSPS) is 19.3. The summed E-state index contributed by atoms with van der Waals surface area (Å²) in [5, 5.41) is 3.42. The van der Waals surface area contributed by atoms with Gasteiger partial charge in [0.05, 0.1) is 0 Å². The average Bonchev–Trinajstić information content (AvgIpc) is 2.50. The average molecular weight is 320 g/mol. The number of likely N-dealkylation sites (tertiary alicyclic amines) is 1. The molecule has 1 heterocycles. The summed E-state index contributed by atoms with van der Waals surface area (Å²) >= 11 is 0. The Morgan fingerprint density at radius 3 is 2.87 bits per heavy atom. The number of rotatable bonds is 4. The molecule has 0 amide bonds. The van der Waals surface area contributed by atoms with Gasteiger partial charge in [-0.2, -0.15) is 0 Å². The first-order chi connectivity index (χ1) is 11.0. The van der Waals surface area contributed by atoms with Gasteiger partial charge in [-0.3, -0.25) is 4.99 Å². The van der Waals surface area contributed by atoms with E-state index in [0.717, 1.165) is 30.2 Å². The summed E-state index contributed by atoms with van der Waals surface area (Å²) in [4.78, 5) is 8.69. The number of halogens is 1. The second-order valence-electron chi connectivity index (χ2n) is 6.76. The van der Waals surface area contributed by atoms with Crippen molar-refractivity contribution in [3.63, 3.8) is 0 Å². The number of guanidine groups is 1. The van der Waals surface area contributed by atoms with E-state index in [9.17, 15) is 4.39 Å². The fraction of sp³-hybridized carbons (Fsp3) is 0.611. The maximum atomic E-state index is 13.8. The van der Waals surface area contributed by atoms with E-state index in [-0.39, 0.29) is 5.82 Å². The molecule has 1 atom stereocenters. The van der Waals surface area contributed by atoms with Gasteiger partial charge in [0, 0.05) is 38.8 Å². The number of hydrogen-bond donors (Lipinski definition) is 1. The van der Waals surface area contributed by atoms with Crippen LogP contribution in [-0.4, -0.2) is 50.0 Å². The predicted molar refractivity (Wildman–Crippen MR) is 94.0 cm³/mol. The van der Waals surface area contributed by atoms with Crippen LogP contribution in [0.4, 0.5) is 4.39 Å². The number of aliphatic imine (C=N–C) groups is 1. The lowest BCUT2D eigenvalue weighted by molar-refractivity contribution is 0.266. The van der Waals surface area contributed by atoms with Crippen molar-refractivity contribution >= 4 is 5.96 Å². The van der Waals surface area contributed by atoms with E-state index >= 15 is 0 Å². The minimum absolute atomic E-state index is 0.142. The Morgan fingerprint density at radius 1 is 1.43 bits per heavy atom. The zero-order valence-corrected chi connectivity index (χ0v) is 14.8. The molecule has 1 unspecified atom stereocenters. The Bertz CT molecular complexity index is 542. The number of benzene rings is 1. The molecule has 1 saturated heterocycles. The molecule has 0 saturated carbocycles. The van der Waals surface area contributed by atoms with Crippen LogP contribution in [0.1, 0.15) is 30.9 Å². The maximum Gasteiger partial charge on any atom is 0.193 e. The molecule has 4 nitrogen and oxygen atoms in total. The molecule has 1 aromatic carbocycles. The molecule has 0 radical (unpaired) electrons. The molecule has 2 rings (SSSR count). The highest BCUT2D eigenvalue weighted by molar-refractivity contribution is 5.80. The Kier molecular flexibility index (Phi) is 6.39. The van der Waals surface area contributed by atoms with Crippen molar-refractivity contribution < 1.29 is 4.39 Å². The molecule has 0 aromatic heterocycles. The highest BCUT2D eigenvalue weighted by atomic mass is 19.1. The summed E-state index contributed by atoms with van der Waals surface area (Å²) in [6.45, 7) is 5.66. The van der Waals surface area contributed by atoms with Crippen LogP contribution in [-0.2, 0) is 13.1 Å². The summed E-state index contributed by atoms with van der Waals surface area (Å²) in [6, 6.07) is 5.34. The van der Waals surface area contributed by atoms with Crippen molar-refractivity contribution in [3.05, 3.63) is 35.1 Å². The van der Waals surface area contributed by atoms with Crippen molar-refractivity contribution in [2.75, 3.05) is 34.2 Å². The summed E-state index contributed by atoms with van der Waals surface area (Å²) in [5.41, 5.74) is 1.81. The van der Waals surface area contributed by atoms with Gasteiger partial charge in [0.25, 0.3) is 0 Å². The summed E-state index contributed by atoms with van der Waals surface area (Å²) in [7, 11) is 5.72. The van der Waals surface area contributed by atoms with Crippen LogP contribution in [0.2, 0.25) is 0 Å². The highest BCUT2D eigenvalue weighted by Gasteiger charge is 2.19. The van der Waals surface area contributed by atoms with E-state index in [1.807, 2.05) is 38.2 Å². The van der Waals surface area contributed by atoms with Gasteiger partial charge in [0.1, 0.15) is 5.82 Å². The summed E-state index contributed by atoms with van der Waals surface area (Å²) in [6.07, 6.45) is 2.50. The van der Waals surface area contributed by atoms with Crippen molar-refractivity contribution in [1.29, 1.82) is 0 Å². The van der Waals surface area contributed by atoms with Crippen LogP contribution in [0.5, 0.6) is 0 Å². The quantitative estimate of drug-likeness (QED) is 0.683. The van der Waals surface area contributed by atoms with Gasteiger partial charge < -0.3 is 15.1 Å². The molecule has 0 spiro atoms. The van der Waals surface area contributed by atoms with E-state index in [4.69, 9.17) is 0 Å². The molecule has 0 bridgehead atoms. The molecule has 128 valence electrons. The number of nitrogens with one attached hydrogen (secondary N) is 1. The Hall–Kier alpha value is -1.62. The summed E-state index contributed by atoms with van der Waals surface area (Å²) < 4.78 is 13.8. The van der Waals surface area contributed by atoms with Crippen molar-refractivity contribution in [3.8, 4) is 0 Å². The fourth-order valence-corrected chi connectivity index (χ4v) is 3.10. The van der Waals surface area contributed by atoms with Gasteiger partial charge in [0.2, 0.25) is 0 Å². The van der Waals surface area contributed by atoms with E-state index < -0.39 is 0 Å². The zero-order chi connectivity index (χ0) is 16.8. The van der Waals surface area contributed by atoms with Crippen LogP contribution in [0.3, 0.4) is 0 Å². The number of piperidine rings is 1. The zero-order valence-electron chi connectivity index (χ0n) is 14.8. The third kappa shape index (κ3) is 5.20. The third-order valence-electron chi connectivity index (χ3n) is 4.22. The lowest BCUT2D eigenvalue weighted by Crippen LogP contribution is -2.45. The Balaban J connectivity index is 1.98. The number of nitrogens with zero attached hydrogens (tertiary/aromatic N) is 3. The van der Waals surface area contributed by atoms with Crippen molar-refractivity contribution in [1.82, 2.24) is 15.1 Å².